The van der Waals surface area contributed by atoms with Crippen LogP contribution in [0.1, 0.15) is 16.8 Å². The van der Waals surface area contributed by atoms with E-state index in [-0.39, 0.29) is 11.7 Å². The number of amides is 1. The second-order valence-corrected chi connectivity index (χ2v) is 7.88. The average Bonchev–Trinajstić information content (AvgIpc) is 3.20. The van der Waals surface area contributed by atoms with Gasteiger partial charge < -0.3 is 18.9 Å². The molecular formula is C23H20BrFN2O4. The van der Waals surface area contributed by atoms with Crippen molar-refractivity contribution in [2.24, 2.45) is 0 Å². The van der Waals surface area contributed by atoms with E-state index < -0.39 is 0 Å². The van der Waals surface area contributed by atoms with Crippen molar-refractivity contribution < 1.29 is 23.2 Å². The minimum atomic E-state index is -0.319. The van der Waals surface area contributed by atoms with Crippen molar-refractivity contribution in [3.05, 3.63) is 69.6 Å². The first-order chi connectivity index (χ1) is 15.0. The van der Waals surface area contributed by atoms with E-state index in [2.05, 4.69) is 21.1 Å². The number of nitrogens with zero attached hydrogens (tertiary/aromatic N) is 2. The Morgan fingerprint density at radius 3 is 2.71 bits per heavy atom. The maximum atomic E-state index is 13.3. The fourth-order valence-corrected chi connectivity index (χ4v) is 4.16. The molecular weight excluding hydrogens is 467 g/mol. The van der Waals surface area contributed by atoms with Crippen LogP contribution >= 0.6 is 15.9 Å². The smallest absolute Gasteiger partial charge is 0.246 e. The molecule has 160 valence electrons. The van der Waals surface area contributed by atoms with Gasteiger partial charge in [-0.15, -0.1) is 0 Å². The lowest BCUT2D eigenvalue weighted by Gasteiger charge is -2.25. The number of halogens is 2. The fraction of sp³-hybridized carbons (Fsp3) is 0.217. The van der Waals surface area contributed by atoms with Gasteiger partial charge >= 0.3 is 0 Å². The second kappa shape index (κ2) is 8.93. The molecule has 4 rings (SSSR count). The summed E-state index contributed by atoms with van der Waals surface area (Å²) in [7, 11) is 3.13. The van der Waals surface area contributed by atoms with E-state index in [1.165, 1.54) is 18.2 Å². The molecule has 0 atom stereocenters. The molecule has 0 saturated heterocycles. The molecule has 3 aromatic rings. The lowest BCUT2D eigenvalue weighted by atomic mass is 10.0. The number of carbonyl (C=O) groups is 1. The van der Waals surface area contributed by atoms with Gasteiger partial charge in [0.2, 0.25) is 5.91 Å². The number of ether oxygens (including phenoxy) is 2. The molecule has 6 nitrogen and oxygen atoms in total. The molecule has 0 saturated carbocycles. The first-order valence-electron chi connectivity index (χ1n) is 9.62. The molecule has 1 aliphatic rings. The summed E-state index contributed by atoms with van der Waals surface area (Å²) >= 11 is 3.46. The molecule has 0 radical (unpaired) electrons. The molecule has 31 heavy (non-hydrogen) atoms. The molecule has 2 heterocycles. The molecule has 1 aromatic heterocycles. The quantitative estimate of drug-likeness (QED) is 0.481. The van der Waals surface area contributed by atoms with Crippen LogP contribution in [0.5, 0.6) is 11.5 Å². The topological polar surface area (TPSA) is 64.8 Å². The molecule has 0 spiro atoms. The zero-order valence-electron chi connectivity index (χ0n) is 17.0. The van der Waals surface area contributed by atoms with Gasteiger partial charge in [0.05, 0.1) is 30.9 Å². The van der Waals surface area contributed by atoms with E-state index in [0.717, 1.165) is 26.9 Å². The van der Waals surface area contributed by atoms with E-state index in [9.17, 15) is 9.18 Å². The van der Waals surface area contributed by atoms with Gasteiger partial charge in [-0.3, -0.25) is 4.79 Å². The van der Waals surface area contributed by atoms with Crippen LogP contribution in [-0.4, -0.2) is 36.7 Å². The van der Waals surface area contributed by atoms with Crippen LogP contribution in [0.25, 0.3) is 17.4 Å². The van der Waals surface area contributed by atoms with Gasteiger partial charge in [0, 0.05) is 30.2 Å². The number of hydrogen-bond donors (Lipinski definition) is 0. The van der Waals surface area contributed by atoms with E-state index in [4.69, 9.17) is 14.0 Å². The number of fused-ring (bicyclic) bond motifs is 1. The normalized spacial score (nSPS) is 13.4. The van der Waals surface area contributed by atoms with Crippen molar-refractivity contribution >= 4 is 27.9 Å². The number of methoxy groups -OCH3 is 2. The fourth-order valence-electron chi connectivity index (χ4n) is 3.54. The Bertz CT molecular complexity index is 1140. The Morgan fingerprint density at radius 1 is 1.23 bits per heavy atom. The van der Waals surface area contributed by atoms with Gasteiger partial charge in [-0.05, 0) is 64.0 Å². The van der Waals surface area contributed by atoms with Crippen LogP contribution < -0.4 is 9.47 Å². The first-order valence-corrected chi connectivity index (χ1v) is 10.4. The summed E-state index contributed by atoms with van der Waals surface area (Å²) in [6.07, 6.45) is 3.87. The summed E-state index contributed by atoms with van der Waals surface area (Å²) in [6.45, 7) is 0.922. The number of hydrogen-bond acceptors (Lipinski definition) is 5. The lowest BCUT2D eigenvalue weighted by molar-refractivity contribution is -0.126. The zero-order chi connectivity index (χ0) is 22.0. The monoisotopic (exact) mass is 486 g/mol. The predicted molar refractivity (Wildman–Crippen MR) is 117 cm³/mol. The van der Waals surface area contributed by atoms with Gasteiger partial charge in [-0.1, -0.05) is 5.16 Å². The van der Waals surface area contributed by atoms with Crippen LogP contribution in [0.4, 0.5) is 4.39 Å². The summed E-state index contributed by atoms with van der Waals surface area (Å²) < 4.78 is 30.2. The molecule has 0 bridgehead atoms. The van der Waals surface area contributed by atoms with Gasteiger partial charge in [-0.25, -0.2) is 4.39 Å². The molecule has 1 amide bonds. The highest BCUT2D eigenvalue weighted by Crippen LogP contribution is 2.36. The highest BCUT2D eigenvalue weighted by Gasteiger charge is 2.26. The van der Waals surface area contributed by atoms with Crippen molar-refractivity contribution in [3.8, 4) is 22.8 Å². The Labute approximate surface area is 187 Å². The van der Waals surface area contributed by atoms with Crippen molar-refractivity contribution in [3.63, 3.8) is 0 Å². The SMILES string of the molecule is COc1cc(/C=C/C(=O)N2CCc3noc(-c4ccc(F)cc4)c3C2)cc(Br)c1OC. The molecule has 1 aliphatic heterocycles. The molecule has 2 aromatic carbocycles. The summed E-state index contributed by atoms with van der Waals surface area (Å²) in [5, 5.41) is 4.13. The van der Waals surface area contributed by atoms with E-state index in [0.29, 0.717) is 36.8 Å². The zero-order valence-corrected chi connectivity index (χ0v) is 18.6. The third kappa shape index (κ3) is 4.34. The van der Waals surface area contributed by atoms with Crippen molar-refractivity contribution in [1.82, 2.24) is 10.1 Å². The summed E-state index contributed by atoms with van der Waals surface area (Å²) in [6, 6.07) is 9.69. The third-order valence-corrected chi connectivity index (χ3v) is 5.72. The van der Waals surface area contributed by atoms with Crippen molar-refractivity contribution in [2.45, 2.75) is 13.0 Å². The Balaban J connectivity index is 1.52. The number of rotatable bonds is 5. The minimum absolute atomic E-state index is 0.122. The molecule has 0 unspecified atom stereocenters. The van der Waals surface area contributed by atoms with Crippen molar-refractivity contribution in [2.75, 3.05) is 20.8 Å². The summed E-state index contributed by atoms with van der Waals surface area (Å²) in [4.78, 5) is 14.6. The number of carbonyl (C=O) groups excluding carboxylic acids is 1. The largest absolute Gasteiger partial charge is 0.493 e. The minimum Gasteiger partial charge on any atom is -0.493 e. The molecule has 8 heteroatoms. The summed E-state index contributed by atoms with van der Waals surface area (Å²) in [5.74, 6) is 1.29. The van der Waals surface area contributed by atoms with Crippen LogP contribution in [-0.2, 0) is 17.8 Å². The standard InChI is InChI=1S/C23H20BrFN2O4/c1-29-20-12-14(11-18(24)23(20)30-2)3-8-21(28)27-10-9-19-17(13-27)22(31-26-19)15-4-6-16(25)7-5-15/h3-8,11-12H,9-10,13H2,1-2H3/b8-3+. The van der Waals surface area contributed by atoms with Crippen LogP contribution in [0.3, 0.4) is 0 Å². The van der Waals surface area contributed by atoms with Gasteiger partial charge in [-0.2, -0.15) is 0 Å². The van der Waals surface area contributed by atoms with E-state index in [1.54, 1.807) is 43.4 Å². The number of benzene rings is 2. The molecule has 0 fully saturated rings. The summed E-state index contributed by atoms with van der Waals surface area (Å²) in [5.41, 5.74) is 3.22. The Kier molecular flexibility index (Phi) is 6.08. The highest BCUT2D eigenvalue weighted by atomic mass is 79.9. The van der Waals surface area contributed by atoms with Crippen LogP contribution in [0.15, 0.2) is 51.5 Å². The first kappa shape index (κ1) is 21.1. The maximum Gasteiger partial charge on any atom is 0.246 e. The Morgan fingerprint density at radius 2 is 2.00 bits per heavy atom. The second-order valence-electron chi connectivity index (χ2n) is 7.03. The Hall–Kier alpha value is -3.13. The highest BCUT2D eigenvalue weighted by molar-refractivity contribution is 9.10. The van der Waals surface area contributed by atoms with Crippen LogP contribution in [0.2, 0.25) is 0 Å². The van der Waals surface area contributed by atoms with Crippen LogP contribution in [0, 0.1) is 5.82 Å². The predicted octanol–water partition coefficient (Wildman–Crippen LogP) is 4.86. The third-order valence-electron chi connectivity index (χ3n) is 5.13. The van der Waals surface area contributed by atoms with Gasteiger partial charge in [0.15, 0.2) is 17.3 Å². The molecule has 0 aliphatic carbocycles. The van der Waals surface area contributed by atoms with Gasteiger partial charge in [0.25, 0.3) is 0 Å². The molecule has 0 N–H and O–H groups in total. The van der Waals surface area contributed by atoms with E-state index >= 15 is 0 Å². The van der Waals surface area contributed by atoms with Crippen molar-refractivity contribution in [1.29, 1.82) is 0 Å². The number of aromatic nitrogens is 1. The van der Waals surface area contributed by atoms with Gasteiger partial charge in [0.1, 0.15) is 5.82 Å². The lowest BCUT2D eigenvalue weighted by Crippen LogP contribution is -2.34. The van der Waals surface area contributed by atoms with E-state index in [1.807, 2.05) is 6.07 Å². The maximum absolute atomic E-state index is 13.3. The average molecular weight is 487 g/mol.